The lowest BCUT2D eigenvalue weighted by atomic mass is 9.88. The lowest BCUT2D eigenvalue weighted by molar-refractivity contribution is 0.411. The van der Waals surface area contributed by atoms with E-state index in [4.69, 9.17) is 5.73 Å². The third kappa shape index (κ3) is 3.07. The first-order valence-electron chi connectivity index (χ1n) is 6.53. The van der Waals surface area contributed by atoms with Gasteiger partial charge in [0.1, 0.15) is 5.82 Å². The molecule has 0 saturated heterocycles. The number of rotatable bonds is 4. The zero-order chi connectivity index (χ0) is 13.0. The van der Waals surface area contributed by atoms with Gasteiger partial charge in [-0.25, -0.2) is 4.98 Å². The molecule has 1 heterocycles. The van der Waals surface area contributed by atoms with Gasteiger partial charge in [-0.2, -0.15) is 16.7 Å². The van der Waals surface area contributed by atoms with Crippen molar-refractivity contribution in [1.29, 1.82) is 0 Å². The van der Waals surface area contributed by atoms with Gasteiger partial charge in [0, 0.05) is 23.1 Å². The summed E-state index contributed by atoms with van der Waals surface area (Å²) in [5.41, 5.74) is 6.69. The van der Waals surface area contributed by atoms with Crippen molar-refractivity contribution in [2.45, 2.75) is 43.8 Å². The van der Waals surface area contributed by atoms with Crippen LogP contribution in [0, 0.1) is 6.92 Å². The van der Waals surface area contributed by atoms with Crippen molar-refractivity contribution in [2.24, 2.45) is 0 Å². The molecule has 0 atom stereocenters. The third-order valence-corrected chi connectivity index (χ3v) is 5.18. The lowest BCUT2D eigenvalue weighted by Crippen LogP contribution is -2.35. The number of nitrogens with one attached hydrogen (secondary N) is 1. The van der Waals surface area contributed by atoms with E-state index in [1.165, 1.54) is 32.1 Å². The highest BCUT2D eigenvalue weighted by atomic mass is 32.2. The predicted molar refractivity (Wildman–Crippen MR) is 79.0 cm³/mol. The smallest absolute Gasteiger partial charge is 0.221 e. The molecule has 1 saturated carbocycles. The summed E-state index contributed by atoms with van der Waals surface area (Å²) in [4.78, 5) is 8.26. The van der Waals surface area contributed by atoms with Crippen LogP contribution in [-0.4, -0.2) is 27.5 Å². The Labute approximate surface area is 113 Å². The first-order chi connectivity index (χ1) is 8.65. The maximum Gasteiger partial charge on any atom is 0.221 e. The summed E-state index contributed by atoms with van der Waals surface area (Å²) >= 11 is 1.99. The molecule has 0 spiro atoms. The molecule has 0 unspecified atom stereocenters. The Morgan fingerprint density at radius 1 is 1.39 bits per heavy atom. The van der Waals surface area contributed by atoms with Gasteiger partial charge in [0.25, 0.3) is 0 Å². The fourth-order valence-corrected chi connectivity index (χ4v) is 3.44. The van der Waals surface area contributed by atoms with Crippen molar-refractivity contribution in [1.82, 2.24) is 9.97 Å². The Kier molecular flexibility index (Phi) is 4.32. The molecule has 0 radical (unpaired) electrons. The maximum atomic E-state index is 5.63. The molecular weight excluding hydrogens is 244 g/mol. The summed E-state index contributed by atoms with van der Waals surface area (Å²) in [6.45, 7) is 2.97. The number of anilines is 2. The van der Waals surface area contributed by atoms with Crippen molar-refractivity contribution in [2.75, 3.05) is 23.9 Å². The highest BCUT2D eigenvalue weighted by Gasteiger charge is 2.31. The predicted octanol–water partition coefficient (Wildman–Crippen LogP) is 2.85. The lowest BCUT2D eigenvalue weighted by Gasteiger charge is -2.36. The molecular formula is C13H22N4S. The van der Waals surface area contributed by atoms with E-state index in [1.807, 2.05) is 18.7 Å². The number of aryl methyl sites for hydroxylation is 1. The van der Waals surface area contributed by atoms with Crippen LogP contribution < -0.4 is 11.1 Å². The average molecular weight is 266 g/mol. The third-order valence-electron chi connectivity index (χ3n) is 3.77. The van der Waals surface area contributed by atoms with Gasteiger partial charge >= 0.3 is 0 Å². The number of nitrogens with zero attached hydrogens (tertiary/aromatic N) is 2. The molecule has 2 rings (SSSR count). The highest BCUT2D eigenvalue weighted by Crippen LogP contribution is 2.38. The Balaban J connectivity index is 2.03. The van der Waals surface area contributed by atoms with Crippen LogP contribution in [0.5, 0.6) is 0 Å². The Morgan fingerprint density at radius 3 is 2.78 bits per heavy atom. The second kappa shape index (κ2) is 5.78. The molecule has 1 aliphatic carbocycles. The van der Waals surface area contributed by atoms with Gasteiger partial charge in [0.2, 0.25) is 5.95 Å². The van der Waals surface area contributed by atoms with Crippen LogP contribution >= 0.6 is 11.8 Å². The van der Waals surface area contributed by atoms with Crippen LogP contribution in [0.3, 0.4) is 0 Å². The molecule has 1 aromatic heterocycles. The van der Waals surface area contributed by atoms with E-state index in [0.29, 0.717) is 10.7 Å². The molecule has 4 nitrogen and oxygen atoms in total. The summed E-state index contributed by atoms with van der Waals surface area (Å²) in [6.07, 6.45) is 10.6. The monoisotopic (exact) mass is 266 g/mol. The van der Waals surface area contributed by atoms with E-state index in [1.54, 1.807) is 6.20 Å². The molecule has 0 bridgehead atoms. The van der Waals surface area contributed by atoms with Crippen molar-refractivity contribution < 1.29 is 0 Å². The minimum Gasteiger partial charge on any atom is -0.368 e. The van der Waals surface area contributed by atoms with Gasteiger partial charge in [-0.1, -0.05) is 19.3 Å². The average Bonchev–Trinajstić information content (AvgIpc) is 2.41. The minimum atomic E-state index is 0.338. The molecule has 0 amide bonds. The summed E-state index contributed by atoms with van der Waals surface area (Å²) in [5, 5.41) is 3.46. The van der Waals surface area contributed by atoms with Gasteiger partial charge in [-0.3, -0.25) is 0 Å². The number of aromatic nitrogens is 2. The maximum absolute atomic E-state index is 5.63. The van der Waals surface area contributed by atoms with E-state index in [0.717, 1.165) is 17.9 Å². The van der Waals surface area contributed by atoms with Crippen LogP contribution in [0.15, 0.2) is 6.20 Å². The first-order valence-corrected chi connectivity index (χ1v) is 7.76. The normalized spacial score (nSPS) is 18.6. The molecule has 18 heavy (non-hydrogen) atoms. The van der Waals surface area contributed by atoms with Crippen molar-refractivity contribution in [3.8, 4) is 0 Å². The Hall–Kier alpha value is -0.970. The van der Waals surface area contributed by atoms with Gasteiger partial charge in [-0.05, 0) is 26.0 Å². The van der Waals surface area contributed by atoms with Gasteiger partial charge in [0.05, 0.1) is 0 Å². The largest absolute Gasteiger partial charge is 0.368 e. The highest BCUT2D eigenvalue weighted by molar-refractivity contribution is 8.00. The van der Waals surface area contributed by atoms with Crippen LogP contribution in [-0.2, 0) is 0 Å². The van der Waals surface area contributed by atoms with E-state index in [-0.39, 0.29) is 0 Å². The van der Waals surface area contributed by atoms with Crippen LogP contribution in [0.1, 0.15) is 37.7 Å². The van der Waals surface area contributed by atoms with Crippen LogP contribution in [0.4, 0.5) is 11.8 Å². The molecule has 1 aromatic rings. The van der Waals surface area contributed by atoms with Gasteiger partial charge in [-0.15, -0.1) is 0 Å². The standard InChI is InChI=1S/C13H22N4S/c1-10-8-15-12(14)17-11(10)16-9-13(18-2)6-4-3-5-7-13/h8H,3-7,9H2,1-2H3,(H3,14,15,16,17). The number of thioether (sulfide) groups is 1. The van der Waals surface area contributed by atoms with E-state index < -0.39 is 0 Å². The number of hydrogen-bond donors (Lipinski definition) is 2. The first kappa shape index (κ1) is 13.5. The molecule has 0 aliphatic heterocycles. The number of nitrogens with two attached hydrogens (primary N) is 1. The fraction of sp³-hybridized carbons (Fsp3) is 0.692. The Morgan fingerprint density at radius 2 is 2.11 bits per heavy atom. The number of hydrogen-bond acceptors (Lipinski definition) is 5. The molecule has 100 valence electrons. The minimum absolute atomic E-state index is 0.338. The SMILES string of the molecule is CSC1(CNc2nc(N)ncc2C)CCCCC1. The van der Waals surface area contributed by atoms with Crippen LogP contribution in [0.25, 0.3) is 0 Å². The molecule has 5 heteroatoms. The van der Waals surface area contributed by atoms with E-state index in [2.05, 4.69) is 21.5 Å². The molecule has 3 N–H and O–H groups in total. The molecule has 1 aliphatic rings. The van der Waals surface area contributed by atoms with Crippen molar-refractivity contribution in [3.05, 3.63) is 11.8 Å². The van der Waals surface area contributed by atoms with Crippen LogP contribution in [0.2, 0.25) is 0 Å². The van der Waals surface area contributed by atoms with Gasteiger partial charge < -0.3 is 11.1 Å². The Bertz CT molecular complexity index is 402. The summed E-state index contributed by atoms with van der Waals surface area (Å²) < 4.78 is 0.365. The topological polar surface area (TPSA) is 63.8 Å². The zero-order valence-electron chi connectivity index (χ0n) is 11.2. The summed E-state index contributed by atoms with van der Waals surface area (Å²) in [5.74, 6) is 1.21. The second-order valence-electron chi connectivity index (χ2n) is 5.06. The zero-order valence-corrected chi connectivity index (χ0v) is 12.0. The van der Waals surface area contributed by atoms with E-state index >= 15 is 0 Å². The quantitative estimate of drug-likeness (QED) is 0.877. The van der Waals surface area contributed by atoms with Crippen molar-refractivity contribution >= 4 is 23.5 Å². The van der Waals surface area contributed by atoms with Crippen molar-refractivity contribution in [3.63, 3.8) is 0 Å². The summed E-state index contributed by atoms with van der Waals surface area (Å²) in [7, 11) is 0. The van der Waals surface area contributed by atoms with Gasteiger partial charge in [0.15, 0.2) is 0 Å². The molecule has 0 aromatic carbocycles. The molecule has 1 fully saturated rings. The fourth-order valence-electron chi connectivity index (χ4n) is 2.53. The van der Waals surface area contributed by atoms with E-state index in [9.17, 15) is 0 Å². The second-order valence-corrected chi connectivity index (χ2v) is 6.34. The number of nitrogen functional groups attached to an aromatic ring is 1. The summed E-state index contributed by atoms with van der Waals surface area (Å²) in [6, 6.07) is 0.